The molecule has 86 valence electrons. The Bertz CT molecular complexity index is 432. The minimum atomic E-state index is -1.08. The molecule has 0 aliphatic carbocycles. The van der Waals surface area contributed by atoms with Gasteiger partial charge in [0.25, 0.3) is 0 Å². The van der Waals surface area contributed by atoms with Crippen molar-refractivity contribution in [2.24, 2.45) is 5.73 Å². The van der Waals surface area contributed by atoms with Gasteiger partial charge >= 0.3 is 5.97 Å². The Balaban J connectivity index is 2.91. The average molecular weight is 243 g/mol. The van der Waals surface area contributed by atoms with Gasteiger partial charge in [0.05, 0.1) is 22.3 Å². The highest BCUT2D eigenvalue weighted by Crippen LogP contribution is 2.23. The number of hydrogen-bond acceptors (Lipinski definition) is 3. The van der Waals surface area contributed by atoms with Crippen LogP contribution in [0.1, 0.15) is 17.3 Å². The molecule has 0 saturated heterocycles. The molecule has 1 rings (SSSR count). The van der Waals surface area contributed by atoms with Crippen molar-refractivity contribution < 1.29 is 14.7 Å². The molecule has 5 nitrogen and oxygen atoms in total. The van der Waals surface area contributed by atoms with Crippen LogP contribution >= 0.6 is 11.6 Å². The number of amides is 1. The largest absolute Gasteiger partial charge is 0.478 e. The van der Waals surface area contributed by atoms with Crippen LogP contribution in [-0.2, 0) is 4.79 Å². The van der Waals surface area contributed by atoms with E-state index in [4.69, 9.17) is 22.4 Å². The van der Waals surface area contributed by atoms with Gasteiger partial charge in [-0.1, -0.05) is 11.6 Å². The van der Waals surface area contributed by atoms with Crippen LogP contribution in [0, 0.1) is 0 Å². The second kappa shape index (κ2) is 4.96. The van der Waals surface area contributed by atoms with Crippen LogP contribution in [0.2, 0.25) is 5.02 Å². The molecule has 0 heterocycles. The summed E-state index contributed by atoms with van der Waals surface area (Å²) in [7, 11) is 0. The summed E-state index contributed by atoms with van der Waals surface area (Å²) < 4.78 is 0. The number of halogens is 1. The van der Waals surface area contributed by atoms with E-state index >= 15 is 0 Å². The van der Waals surface area contributed by atoms with Gasteiger partial charge in [-0.15, -0.1) is 0 Å². The monoisotopic (exact) mass is 242 g/mol. The maximum atomic E-state index is 11.3. The average Bonchev–Trinajstić information content (AvgIpc) is 2.20. The van der Waals surface area contributed by atoms with Gasteiger partial charge in [0.15, 0.2) is 0 Å². The summed E-state index contributed by atoms with van der Waals surface area (Å²) in [6, 6.07) is 3.38. The van der Waals surface area contributed by atoms with Crippen molar-refractivity contribution in [1.82, 2.24) is 0 Å². The van der Waals surface area contributed by atoms with Gasteiger partial charge in [0.2, 0.25) is 5.91 Å². The van der Waals surface area contributed by atoms with Crippen LogP contribution in [0.25, 0.3) is 0 Å². The predicted octanol–water partition coefficient (Wildman–Crippen LogP) is 1.32. The first-order valence-corrected chi connectivity index (χ1v) is 4.89. The SMILES string of the molecule is C[C@@H](N)C(=O)Nc1ccc(C(=O)O)cc1Cl. The van der Waals surface area contributed by atoms with Gasteiger partial charge in [-0.25, -0.2) is 4.79 Å². The van der Waals surface area contributed by atoms with Gasteiger partial charge in [0, 0.05) is 0 Å². The highest BCUT2D eigenvalue weighted by molar-refractivity contribution is 6.34. The molecule has 0 unspecified atom stereocenters. The maximum Gasteiger partial charge on any atom is 0.335 e. The number of hydrogen-bond donors (Lipinski definition) is 3. The Labute approximate surface area is 97.2 Å². The smallest absolute Gasteiger partial charge is 0.335 e. The highest BCUT2D eigenvalue weighted by Gasteiger charge is 2.11. The number of rotatable bonds is 3. The number of carboxylic acids is 1. The Morgan fingerprint density at radius 1 is 1.50 bits per heavy atom. The summed E-state index contributed by atoms with van der Waals surface area (Å²) >= 11 is 5.80. The van der Waals surface area contributed by atoms with Crippen molar-refractivity contribution in [3.05, 3.63) is 28.8 Å². The minimum absolute atomic E-state index is 0.0591. The number of carbonyl (C=O) groups excluding carboxylic acids is 1. The molecule has 0 bridgehead atoms. The van der Waals surface area contributed by atoms with E-state index in [0.29, 0.717) is 5.69 Å². The van der Waals surface area contributed by atoms with Crippen LogP contribution in [0.3, 0.4) is 0 Å². The molecule has 0 fully saturated rings. The van der Waals surface area contributed by atoms with E-state index in [9.17, 15) is 9.59 Å². The molecule has 1 atom stereocenters. The number of carbonyl (C=O) groups is 2. The van der Waals surface area contributed by atoms with E-state index in [2.05, 4.69) is 5.32 Å². The molecular formula is C10H11ClN2O3. The molecular weight excluding hydrogens is 232 g/mol. The zero-order chi connectivity index (χ0) is 12.3. The standard InChI is InChI=1S/C10H11ClN2O3/c1-5(12)9(14)13-8-3-2-6(10(15)16)4-7(8)11/h2-5H,12H2,1H3,(H,13,14)(H,15,16)/t5-/m1/s1. The lowest BCUT2D eigenvalue weighted by atomic mass is 10.2. The summed E-state index contributed by atoms with van der Waals surface area (Å²) in [5.74, 6) is -1.46. The quantitative estimate of drug-likeness (QED) is 0.745. The van der Waals surface area contributed by atoms with Crippen molar-refractivity contribution in [2.75, 3.05) is 5.32 Å². The van der Waals surface area contributed by atoms with E-state index in [1.807, 2.05) is 0 Å². The van der Waals surface area contributed by atoms with Crippen LogP contribution in [0.5, 0.6) is 0 Å². The first-order chi connectivity index (χ1) is 7.41. The molecule has 1 aromatic carbocycles. The summed E-state index contributed by atoms with van der Waals surface area (Å²) in [5.41, 5.74) is 5.76. The van der Waals surface area contributed by atoms with Crippen LogP contribution in [0.4, 0.5) is 5.69 Å². The van der Waals surface area contributed by atoms with Crippen molar-refractivity contribution in [1.29, 1.82) is 0 Å². The van der Waals surface area contributed by atoms with Gasteiger partial charge in [-0.3, -0.25) is 4.79 Å². The molecule has 1 aromatic rings. The first kappa shape index (κ1) is 12.5. The number of aromatic carboxylic acids is 1. The minimum Gasteiger partial charge on any atom is -0.478 e. The Morgan fingerprint density at radius 2 is 2.12 bits per heavy atom. The lowest BCUT2D eigenvalue weighted by Gasteiger charge is -2.09. The third-order valence-electron chi connectivity index (χ3n) is 1.89. The summed E-state index contributed by atoms with van der Waals surface area (Å²) in [5, 5.41) is 11.4. The van der Waals surface area contributed by atoms with Gasteiger partial charge < -0.3 is 16.2 Å². The van der Waals surface area contributed by atoms with E-state index in [0.717, 1.165) is 0 Å². The van der Waals surface area contributed by atoms with Crippen LogP contribution in [0.15, 0.2) is 18.2 Å². The molecule has 0 aliphatic rings. The number of anilines is 1. The Hall–Kier alpha value is -1.59. The third kappa shape index (κ3) is 2.95. The normalized spacial score (nSPS) is 11.9. The molecule has 0 aliphatic heterocycles. The lowest BCUT2D eigenvalue weighted by molar-refractivity contribution is -0.117. The summed E-state index contributed by atoms with van der Waals surface area (Å²) in [6.07, 6.45) is 0. The molecule has 0 saturated carbocycles. The van der Waals surface area contributed by atoms with Gasteiger partial charge in [-0.2, -0.15) is 0 Å². The number of nitrogens with one attached hydrogen (secondary N) is 1. The molecule has 6 heteroatoms. The Kier molecular flexibility index (Phi) is 3.87. The molecule has 0 spiro atoms. The molecule has 4 N–H and O–H groups in total. The third-order valence-corrected chi connectivity index (χ3v) is 2.20. The fraction of sp³-hybridized carbons (Fsp3) is 0.200. The molecule has 0 aromatic heterocycles. The topological polar surface area (TPSA) is 92.4 Å². The molecule has 1 amide bonds. The number of carboxylic acid groups (broad SMARTS) is 1. The zero-order valence-corrected chi connectivity index (χ0v) is 9.28. The van der Waals surface area contributed by atoms with E-state index in [1.54, 1.807) is 0 Å². The predicted molar refractivity (Wildman–Crippen MR) is 60.7 cm³/mol. The highest BCUT2D eigenvalue weighted by atomic mass is 35.5. The van der Waals surface area contributed by atoms with Crippen LogP contribution < -0.4 is 11.1 Å². The van der Waals surface area contributed by atoms with Crippen molar-refractivity contribution in [2.45, 2.75) is 13.0 Å². The Morgan fingerprint density at radius 3 is 2.56 bits per heavy atom. The maximum absolute atomic E-state index is 11.3. The first-order valence-electron chi connectivity index (χ1n) is 4.51. The second-order valence-electron chi connectivity index (χ2n) is 3.28. The fourth-order valence-electron chi connectivity index (χ4n) is 0.996. The van der Waals surface area contributed by atoms with Gasteiger partial charge in [0.1, 0.15) is 0 Å². The van der Waals surface area contributed by atoms with Gasteiger partial charge in [-0.05, 0) is 25.1 Å². The fourth-order valence-corrected chi connectivity index (χ4v) is 1.22. The molecule has 16 heavy (non-hydrogen) atoms. The molecule has 0 radical (unpaired) electrons. The van der Waals surface area contributed by atoms with Crippen molar-refractivity contribution in [3.63, 3.8) is 0 Å². The van der Waals surface area contributed by atoms with Crippen LogP contribution in [-0.4, -0.2) is 23.0 Å². The number of benzene rings is 1. The lowest BCUT2D eigenvalue weighted by Crippen LogP contribution is -2.32. The van der Waals surface area contributed by atoms with E-state index in [-0.39, 0.29) is 16.5 Å². The zero-order valence-electron chi connectivity index (χ0n) is 8.53. The summed E-state index contributed by atoms with van der Waals surface area (Å²) in [4.78, 5) is 21.9. The van der Waals surface area contributed by atoms with Crippen molar-refractivity contribution >= 4 is 29.2 Å². The van der Waals surface area contributed by atoms with E-state index in [1.165, 1.54) is 25.1 Å². The number of nitrogens with two attached hydrogens (primary N) is 1. The second-order valence-corrected chi connectivity index (χ2v) is 3.68. The van der Waals surface area contributed by atoms with Crippen molar-refractivity contribution in [3.8, 4) is 0 Å². The summed E-state index contributed by atoms with van der Waals surface area (Å²) in [6.45, 7) is 1.54. The van der Waals surface area contributed by atoms with E-state index < -0.39 is 12.0 Å².